The van der Waals surface area contributed by atoms with Gasteiger partial charge in [-0.25, -0.2) is 9.18 Å². The second-order valence-corrected chi connectivity index (χ2v) is 4.51. The number of hydrogen-bond acceptors (Lipinski definition) is 2. The van der Waals surface area contributed by atoms with Crippen LogP contribution >= 0.6 is 0 Å². The smallest absolute Gasteiger partial charge is 0.335 e. The van der Waals surface area contributed by atoms with Crippen LogP contribution in [-0.2, 0) is 0 Å². The van der Waals surface area contributed by atoms with E-state index in [2.05, 4.69) is 5.32 Å². The summed E-state index contributed by atoms with van der Waals surface area (Å²) in [5, 5.41) is 11.4. The number of amides is 1. The number of carboxylic acids is 1. The summed E-state index contributed by atoms with van der Waals surface area (Å²) in [6.07, 6.45) is 3.38. The Balaban J connectivity index is 2.02. The van der Waals surface area contributed by atoms with Crippen LogP contribution in [0.4, 0.5) is 4.39 Å². The Labute approximate surface area is 104 Å². The van der Waals surface area contributed by atoms with E-state index < -0.39 is 17.7 Å². The third-order valence-corrected chi connectivity index (χ3v) is 3.24. The average molecular weight is 251 g/mol. The zero-order valence-electron chi connectivity index (χ0n) is 9.78. The first kappa shape index (κ1) is 12.5. The predicted molar refractivity (Wildman–Crippen MR) is 63.0 cm³/mol. The molecule has 18 heavy (non-hydrogen) atoms. The summed E-state index contributed by atoms with van der Waals surface area (Å²) < 4.78 is 13.6. The maximum atomic E-state index is 13.6. The molecule has 0 heterocycles. The minimum absolute atomic E-state index is 0.112. The van der Waals surface area contributed by atoms with Crippen LogP contribution in [0.2, 0.25) is 0 Å². The van der Waals surface area contributed by atoms with Crippen molar-refractivity contribution in [2.24, 2.45) is 5.92 Å². The molecule has 1 amide bonds. The van der Waals surface area contributed by atoms with Gasteiger partial charge in [0.25, 0.3) is 5.91 Å². The first-order chi connectivity index (χ1) is 8.58. The zero-order valence-corrected chi connectivity index (χ0v) is 9.78. The van der Waals surface area contributed by atoms with Crippen molar-refractivity contribution in [1.29, 1.82) is 0 Å². The van der Waals surface area contributed by atoms with Crippen LogP contribution in [0.3, 0.4) is 0 Å². The quantitative estimate of drug-likeness (QED) is 0.860. The highest BCUT2D eigenvalue weighted by atomic mass is 19.1. The number of rotatable bonds is 4. The van der Waals surface area contributed by atoms with Crippen LogP contribution in [-0.4, -0.2) is 23.5 Å². The number of halogens is 1. The van der Waals surface area contributed by atoms with Gasteiger partial charge in [0.15, 0.2) is 0 Å². The molecule has 4 nitrogen and oxygen atoms in total. The molecule has 1 aromatic rings. The highest BCUT2D eigenvalue weighted by Gasteiger charge is 2.19. The monoisotopic (exact) mass is 251 g/mol. The molecule has 0 atom stereocenters. The van der Waals surface area contributed by atoms with Gasteiger partial charge in [-0.05, 0) is 37.0 Å². The van der Waals surface area contributed by atoms with Crippen molar-refractivity contribution in [3.8, 4) is 0 Å². The van der Waals surface area contributed by atoms with Crippen molar-refractivity contribution in [3.63, 3.8) is 0 Å². The Bertz CT molecular complexity index is 483. The Kier molecular flexibility index (Phi) is 3.60. The molecule has 0 aromatic heterocycles. The van der Waals surface area contributed by atoms with Gasteiger partial charge in [-0.15, -0.1) is 0 Å². The van der Waals surface area contributed by atoms with E-state index >= 15 is 0 Å². The minimum Gasteiger partial charge on any atom is -0.478 e. The molecule has 0 radical (unpaired) electrons. The number of carboxylic acid groups (broad SMARTS) is 1. The molecule has 0 spiro atoms. The van der Waals surface area contributed by atoms with Crippen molar-refractivity contribution in [1.82, 2.24) is 5.32 Å². The summed E-state index contributed by atoms with van der Waals surface area (Å²) in [6, 6.07) is 3.29. The molecule has 1 fully saturated rings. The maximum Gasteiger partial charge on any atom is 0.335 e. The van der Waals surface area contributed by atoms with Crippen molar-refractivity contribution < 1.29 is 19.1 Å². The van der Waals surface area contributed by atoms with Crippen LogP contribution in [0.25, 0.3) is 0 Å². The van der Waals surface area contributed by atoms with E-state index in [0.29, 0.717) is 12.5 Å². The largest absolute Gasteiger partial charge is 0.478 e. The fourth-order valence-electron chi connectivity index (χ4n) is 1.86. The summed E-state index contributed by atoms with van der Waals surface area (Å²) in [7, 11) is 0. The first-order valence-corrected chi connectivity index (χ1v) is 5.89. The van der Waals surface area contributed by atoms with Gasteiger partial charge in [-0.3, -0.25) is 4.79 Å². The van der Waals surface area contributed by atoms with Gasteiger partial charge in [0.05, 0.1) is 11.1 Å². The molecule has 1 aliphatic rings. The number of hydrogen-bond donors (Lipinski definition) is 2. The first-order valence-electron chi connectivity index (χ1n) is 5.89. The number of nitrogens with one attached hydrogen (secondary N) is 1. The maximum absolute atomic E-state index is 13.6. The van der Waals surface area contributed by atoms with Crippen LogP contribution in [0.1, 0.15) is 40.0 Å². The number of benzene rings is 1. The van der Waals surface area contributed by atoms with Gasteiger partial charge < -0.3 is 10.4 Å². The normalized spacial score (nSPS) is 14.9. The third kappa shape index (κ3) is 2.67. The molecule has 0 aliphatic heterocycles. The van der Waals surface area contributed by atoms with Gasteiger partial charge in [-0.1, -0.05) is 6.42 Å². The van der Waals surface area contributed by atoms with E-state index in [1.807, 2.05) is 0 Å². The summed E-state index contributed by atoms with van der Waals surface area (Å²) in [4.78, 5) is 22.3. The van der Waals surface area contributed by atoms with Gasteiger partial charge >= 0.3 is 5.97 Å². The van der Waals surface area contributed by atoms with Crippen molar-refractivity contribution >= 4 is 11.9 Å². The summed E-state index contributed by atoms with van der Waals surface area (Å²) >= 11 is 0. The highest BCUT2D eigenvalue weighted by molar-refractivity contribution is 5.96. The lowest BCUT2D eigenvalue weighted by atomic mass is 9.85. The fourth-order valence-corrected chi connectivity index (χ4v) is 1.86. The van der Waals surface area contributed by atoms with Crippen LogP contribution in [0.15, 0.2) is 18.2 Å². The second-order valence-electron chi connectivity index (χ2n) is 4.51. The van der Waals surface area contributed by atoms with Gasteiger partial charge in [0, 0.05) is 6.54 Å². The Morgan fingerprint density at radius 3 is 2.61 bits per heavy atom. The predicted octanol–water partition coefficient (Wildman–Crippen LogP) is 2.05. The third-order valence-electron chi connectivity index (χ3n) is 3.24. The van der Waals surface area contributed by atoms with Crippen LogP contribution in [0, 0.1) is 11.7 Å². The summed E-state index contributed by atoms with van der Waals surface area (Å²) in [6.45, 7) is 0.555. The topological polar surface area (TPSA) is 66.4 Å². The molecule has 0 saturated heterocycles. The van der Waals surface area contributed by atoms with Crippen molar-refractivity contribution in [3.05, 3.63) is 35.1 Å². The van der Waals surface area contributed by atoms with Gasteiger partial charge in [-0.2, -0.15) is 0 Å². The van der Waals surface area contributed by atoms with Gasteiger partial charge in [0.1, 0.15) is 5.82 Å². The SMILES string of the molecule is O=C(O)c1ccc(C(=O)NCC2CCC2)c(F)c1. The molecule has 2 N–H and O–H groups in total. The number of carbonyl (C=O) groups excluding carboxylic acids is 1. The molecular weight excluding hydrogens is 237 g/mol. The second kappa shape index (κ2) is 5.16. The fraction of sp³-hybridized carbons (Fsp3) is 0.385. The lowest BCUT2D eigenvalue weighted by molar-refractivity contribution is 0.0695. The lowest BCUT2D eigenvalue weighted by Gasteiger charge is -2.25. The Hall–Kier alpha value is -1.91. The molecule has 5 heteroatoms. The standard InChI is InChI=1S/C13H14FNO3/c14-11-6-9(13(17)18)4-5-10(11)12(16)15-7-8-2-1-3-8/h4-6,8H,1-3,7H2,(H,15,16)(H,17,18). The van der Waals surface area contributed by atoms with E-state index in [-0.39, 0.29) is 11.1 Å². The average Bonchev–Trinajstić information content (AvgIpc) is 2.26. The molecule has 0 bridgehead atoms. The molecule has 1 aliphatic carbocycles. The van der Waals surface area contributed by atoms with E-state index in [4.69, 9.17) is 5.11 Å². The summed E-state index contributed by atoms with van der Waals surface area (Å²) in [5.41, 5.74) is -0.276. The Morgan fingerprint density at radius 2 is 2.11 bits per heavy atom. The minimum atomic E-state index is -1.21. The Morgan fingerprint density at radius 1 is 1.39 bits per heavy atom. The van der Waals surface area contributed by atoms with E-state index in [0.717, 1.165) is 18.9 Å². The van der Waals surface area contributed by atoms with Crippen LogP contribution < -0.4 is 5.32 Å². The van der Waals surface area contributed by atoms with Crippen molar-refractivity contribution in [2.45, 2.75) is 19.3 Å². The van der Waals surface area contributed by atoms with E-state index in [1.54, 1.807) is 0 Å². The number of carbonyl (C=O) groups is 2. The molecular formula is C13H14FNO3. The molecule has 2 rings (SSSR count). The highest BCUT2D eigenvalue weighted by Crippen LogP contribution is 2.25. The molecule has 0 unspecified atom stereocenters. The summed E-state index contributed by atoms with van der Waals surface area (Å²) in [5.74, 6) is -2.01. The molecule has 96 valence electrons. The molecule has 1 aromatic carbocycles. The lowest BCUT2D eigenvalue weighted by Crippen LogP contribution is -2.32. The molecule has 1 saturated carbocycles. The van der Waals surface area contributed by atoms with E-state index in [1.165, 1.54) is 18.6 Å². The van der Waals surface area contributed by atoms with E-state index in [9.17, 15) is 14.0 Å². The van der Waals surface area contributed by atoms with Gasteiger partial charge in [0.2, 0.25) is 0 Å². The number of aromatic carboxylic acids is 1. The van der Waals surface area contributed by atoms with Crippen molar-refractivity contribution in [2.75, 3.05) is 6.54 Å². The zero-order chi connectivity index (χ0) is 13.1. The van der Waals surface area contributed by atoms with Crippen LogP contribution in [0.5, 0.6) is 0 Å².